The minimum atomic E-state index is -3.44. The maximum atomic E-state index is 11.2. The van der Waals surface area contributed by atoms with E-state index in [2.05, 4.69) is 4.90 Å². The van der Waals surface area contributed by atoms with E-state index in [-0.39, 0.29) is 11.7 Å². The van der Waals surface area contributed by atoms with Crippen molar-refractivity contribution in [2.45, 2.75) is 18.9 Å². The maximum absolute atomic E-state index is 11.2. The summed E-state index contributed by atoms with van der Waals surface area (Å²) in [5, 5.41) is 16.0. The quantitative estimate of drug-likeness (QED) is 0.853. The van der Waals surface area contributed by atoms with Crippen molar-refractivity contribution in [3.8, 4) is 0 Å². The second kappa shape index (κ2) is 7.07. The topological polar surface area (TPSA) is 83.6 Å². The lowest BCUT2D eigenvalue weighted by Crippen LogP contribution is -2.41. The molecule has 1 aromatic carbocycles. The number of halogens is 1. The number of nitrogens with two attached hydrogens (primary N) is 1. The number of likely N-dealkylation sites (tertiary alicyclic amines) is 1. The minimum Gasteiger partial charge on any atom is -0.387 e. The van der Waals surface area contributed by atoms with Crippen LogP contribution < -0.4 is 5.14 Å². The Hall–Kier alpha value is -0.660. The molecule has 1 aliphatic heterocycles. The van der Waals surface area contributed by atoms with Crippen LogP contribution >= 0.6 is 11.6 Å². The minimum absolute atomic E-state index is 0.0107. The number of rotatable bonds is 5. The van der Waals surface area contributed by atoms with Crippen molar-refractivity contribution in [2.24, 2.45) is 11.1 Å². The molecule has 1 aromatic rings. The van der Waals surface area contributed by atoms with Crippen molar-refractivity contribution < 1.29 is 13.5 Å². The Bertz CT molecular complexity index is 579. The number of β-amino-alcohol motifs (C(OH)–C–C–N with tert-alkyl or cyclic N) is 1. The van der Waals surface area contributed by atoms with Gasteiger partial charge in [0.2, 0.25) is 10.0 Å². The molecule has 1 saturated heterocycles. The summed E-state index contributed by atoms with van der Waals surface area (Å²) in [6, 6.07) is 7.15. The number of aliphatic hydroxyl groups excluding tert-OH is 1. The van der Waals surface area contributed by atoms with Gasteiger partial charge in [0.25, 0.3) is 0 Å². The average Bonchev–Trinajstić information content (AvgIpc) is 2.37. The van der Waals surface area contributed by atoms with Gasteiger partial charge in [0.05, 0.1) is 11.9 Å². The molecule has 1 fully saturated rings. The first-order valence-corrected chi connectivity index (χ1v) is 9.09. The first-order chi connectivity index (χ1) is 9.83. The predicted octanol–water partition coefficient (Wildman–Crippen LogP) is 1.37. The van der Waals surface area contributed by atoms with E-state index in [4.69, 9.17) is 16.7 Å². The lowest BCUT2D eigenvalue weighted by atomic mass is 9.99. The third kappa shape index (κ3) is 5.56. The van der Waals surface area contributed by atoms with Crippen molar-refractivity contribution in [1.82, 2.24) is 4.90 Å². The summed E-state index contributed by atoms with van der Waals surface area (Å²) in [5.74, 6) is 0.0526. The molecule has 3 N–H and O–H groups in total. The maximum Gasteiger partial charge on any atom is 0.209 e. The van der Waals surface area contributed by atoms with E-state index >= 15 is 0 Å². The number of hydrogen-bond donors (Lipinski definition) is 2. The van der Waals surface area contributed by atoms with E-state index in [1.807, 2.05) is 6.07 Å². The summed E-state index contributed by atoms with van der Waals surface area (Å²) in [7, 11) is -3.44. The molecular formula is C14H21ClN2O3S. The van der Waals surface area contributed by atoms with Crippen LogP contribution in [-0.4, -0.2) is 43.8 Å². The van der Waals surface area contributed by atoms with Gasteiger partial charge >= 0.3 is 0 Å². The summed E-state index contributed by atoms with van der Waals surface area (Å²) in [6.07, 6.45) is 1.15. The van der Waals surface area contributed by atoms with Gasteiger partial charge in [-0.1, -0.05) is 23.7 Å². The smallest absolute Gasteiger partial charge is 0.209 e. The lowest BCUT2D eigenvalue weighted by Gasteiger charge is -2.33. The third-order valence-corrected chi connectivity index (χ3v) is 4.91. The molecule has 5 nitrogen and oxygen atoms in total. The van der Waals surface area contributed by atoms with Crippen LogP contribution in [0.1, 0.15) is 24.5 Å². The van der Waals surface area contributed by atoms with Gasteiger partial charge < -0.3 is 10.0 Å². The van der Waals surface area contributed by atoms with Crippen LogP contribution in [0.5, 0.6) is 0 Å². The Morgan fingerprint density at radius 1 is 1.48 bits per heavy atom. The van der Waals surface area contributed by atoms with Crippen molar-refractivity contribution in [1.29, 1.82) is 0 Å². The monoisotopic (exact) mass is 332 g/mol. The lowest BCUT2D eigenvalue weighted by molar-refractivity contribution is 0.0880. The highest BCUT2D eigenvalue weighted by Gasteiger charge is 2.25. The standard InChI is InChI=1S/C14H21ClN2O3S/c15-13-5-1-4-12(7-13)14(18)9-17-6-2-3-11(8-17)10-21(16,19)20/h1,4-5,7,11,14,18H,2-3,6,8-10H2,(H2,16,19,20)/t11-,14-/m0/s1. The number of benzene rings is 1. The fourth-order valence-electron chi connectivity index (χ4n) is 2.85. The third-order valence-electron chi connectivity index (χ3n) is 3.74. The van der Waals surface area contributed by atoms with Crippen molar-refractivity contribution in [2.75, 3.05) is 25.4 Å². The molecule has 0 spiro atoms. The van der Waals surface area contributed by atoms with Crippen LogP contribution in [0.25, 0.3) is 0 Å². The molecule has 1 aliphatic rings. The number of primary sulfonamides is 1. The molecule has 0 amide bonds. The summed E-state index contributed by atoms with van der Waals surface area (Å²) in [6.45, 7) is 1.98. The molecule has 0 radical (unpaired) electrons. The second-order valence-electron chi connectivity index (χ2n) is 5.67. The average molecular weight is 333 g/mol. The largest absolute Gasteiger partial charge is 0.387 e. The Labute approximate surface area is 130 Å². The van der Waals surface area contributed by atoms with E-state index in [1.165, 1.54) is 0 Å². The van der Waals surface area contributed by atoms with E-state index in [0.717, 1.165) is 24.9 Å². The number of nitrogens with zero attached hydrogens (tertiary/aromatic N) is 1. The zero-order chi connectivity index (χ0) is 15.5. The molecule has 0 aromatic heterocycles. The van der Waals surface area contributed by atoms with Crippen LogP contribution in [0.2, 0.25) is 5.02 Å². The van der Waals surface area contributed by atoms with Gasteiger partial charge in [-0.25, -0.2) is 13.6 Å². The van der Waals surface area contributed by atoms with Gasteiger partial charge in [-0.2, -0.15) is 0 Å². The first-order valence-electron chi connectivity index (χ1n) is 7.00. The molecule has 0 unspecified atom stereocenters. The molecule has 2 rings (SSSR count). The molecular weight excluding hydrogens is 312 g/mol. The zero-order valence-electron chi connectivity index (χ0n) is 11.8. The summed E-state index contributed by atoms with van der Waals surface area (Å²) < 4.78 is 22.4. The SMILES string of the molecule is NS(=O)(=O)C[C@H]1CCCN(C[C@H](O)c2cccc(Cl)c2)C1. The van der Waals surface area contributed by atoms with Crippen LogP contribution in [0, 0.1) is 5.92 Å². The fourth-order valence-corrected chi connectivity index (χ4v) is 3.97. The van der Waals surface area contributed by atoms with Gasteiger partial charge in [0.1, 0.15) is 0 Å². The number of piperidine rings is 1. The van der Waals surface area contributed by atoms with E-state index in [1.54, 1.807) is 18.2 Å². The van der Waals surface area contributed by atoms with Crippen LogP contribution in [0.3, 0.4) is 0 Å². The Morgan fingerprint density at radius 3 is 2.90 bits per heavy atom. The highest BCUT2D eigenvalue weighted by atomic mass is 35.5. The van der Waals surface area contributed by atoms with Crippen molar-refractivity contribution in [3.05, 3.63) is 34.9 Å². The van der Waals surface area contributed by atoms with Crippen LogP contribution in [0.15, 0.2) is 24.3 Å². The summed E-state index contributed by atoms with van der Waals surface area (Å²) >= 11 is 5.92. The van der Waals surface area contributed by atoms with Crippen LogP contribution in [-0.2, 0) is 10.0 Å². The van der Waals surface area contributed by atoms with Crippen molar-refractivity contribution >= 4 is 21.6 Å². The van der Waals surface area contributed by atoms with Gasteiger partial charge in [-0.3, -0.25) is 0 Å². The molecule has 0 bridgehead atoms. The Kier molecular flexibility index (Phi) is 5.62. The number of aliphatic hydroxyl groups is 1. The van der Waals surface area contributed by atoms with Crippen LogP contribution in [0.4, 0.5) is 0 Å². The molecule has 118 valence electrons. The molecule has 0 aliphatic carbocycles. The molecule has 1 heterocycles. The zero-order valence-corrected chi connectivity index (χ0v) is 13.4. The number of hydrogen-bond acceptors (Lipinski definition) is 4. The molecule has 7 heteroatoms. The van der Waals surface area contributed by atoms with Gasteiger partial charge in [-0.15, -0.1) is 0 Å². The molecule has 21 heavy (non-hydrogen) atoms. The predicted molar refractivity (Wildman–Crippen MR) is 83.6 cm³/mol. The normalized spacial score (nSPS) is 22.1. The highest BCUT2D eigenvalue weighted by Crippen LogP contribution is 2.22. The summed E-state index contributed by atoms with van der Waals surface area (Å²) in [4.78, 5) is 2.09. The summed E-state index contributed by atoms with van der Waals surface area (Å²) in [5.41, 5.74) is 0.774. The van der Waals surface area contributed by atoms with Gasteiger partial charge in [-0.05, 0) is 43.0 Å². The molecule has 2 atom stereocenters. The number of sulfonamides is 1. The Balaban J connectivity index is 1.93. The molecule has 0 saturated carbocycles. The van der Waals surface area contributed by atoms with Gasteiger partial charge in [0, 0.05) is 18.1 Å². The van der Waals surface area contributed by atoms with Gasteiger partial charge in [0.15, 0.2) is 0 Å². The second-order valence-corrected chi connectivity index (χ2v) is 7.76. The van der Waals surface area contributed by atoms with Crippen molar-refractivity contribution in [3.63, 3.8) is 0 Å². The first kappa shape index (κ1) is 16.7. The highest BCUT2D eigenvalue weighted by molar-refractivity contribution is 7.89. The van der Waals surface area contributed by atoms with E-state index < -0.39 is 16.1 Å². The van der Waals surface area contributed by atoms with E-state index in [9.17, 15) is 13.5 Å². The fraction of sp³-hybridized carbons (Fsp3) is 0.571. The van der Waals surface area contributed by atoms with E-state index in [0.29, 0.717) is 18.1 Å². The Morgan fingerprint density at radius 2 is 2.24 bits per heavy atom.